The number of nitrogens with one attached hydrogen (secondary N) is 1. The number of sulfonamides is 1. The minimum Gasteiger partial charge on any atom is -0.437 e. The highest BCUT2D eigenvalue weighted by Crippen LogP contribution is 2.37. The molecule has 0 atom stereocenters. The van der Waals surface area contributed by atoms with Crippen LogP contribution in [0.15, 0.2) is 59.6 Å². The van der Waals surface area contributed by atoms with Crippen LogP contribution in [0.4, 0.5) is 24.5 Å². The molecule has 1 N–H and O–H groups in total. The molecule has 8 nitrogen and oxygen atoms in total. The van der Waals surface area contributed by atoms with Crippen LogP contribution in [0.25, 0.3) is 0 Å². The summed E-state index contributed by atoms with van der Waals surface area (Å²) >= 11 is 5.55. The lowest BCUT2D eigenvalue weighted by Crippen LogP contribution is -2.16. The normalized spacial score (nSPS) is 11.8. The van der Waals surface area contributed by atoms with E-state index in [0.29, 0.717) is 11.6 Å². The van der Waals surface area contributed by atoms with Gasteiger partial charge < -0.3 is 4.74 Å². The Morgan fingerprint density at radius 2 is 1.88 bits per heavy atom. The van der Waals surface area contributed by atoms with Crippen LogP contribution in [0.1, 0.15) is 11.1 Å². The van der Waals surface area contributed by atoms with Crippen molar-refractivity contribution in [1.29, 1.82) is 0 Å². The average Bonchev–Trinajstić information content (AvgIpc) is 2.69. The van der Waals surface area contributed by atoms with E-state index in [1.165, 1.54) is 30.5 Å². The Balaban J connectivity index is 1.98. The van der Waals surface area contributed by atoms with Gasteiger partial charge in [-0.2, -0.15) is 13.2 Å². The Morgan fingerprint density at radius 1 is 1.16 bits per heavy atom. The maximum atomic E-state index is 13.1. The van der Waals surface area contributed by atoms with Crippen molar-refractivity contribution in [3.8, 4) is 11.6 Å². The van der Waals surface area contributed by atoms with Crippen molar-refractivity contribution < 1.29 is 31.2 Å². The third kappa shape index (κ3) is 5.26. The molecule has 0 amide bonds. The van der Waals surface area contributed by atoms with Crippen LogP contribution < -0.4 is 9.46 Å². The van der Waals surface area contributed by atoms with Crippen LogP contribution in [0.5, 0.6) is 11.6 Å². The maximum Gasteiger partial charge on any atom is 0.417 e. The van der Waals surface area contributed by atoms with Gasteiger partial charge in [0, 0.05) is 12.3 Å². The van der Waals surface area contributed by atoms with Gasteiger partial charge >= 0.3 is 6.18 Å². The molecular formula is C19H13ClF3N3O5S. The first-order chi connectivity index (χ1) is 14.9. The zero-order valence-corrected chi connectivity index (χ0v) is 17.6. The van der Waals surface area contributed by atoms with Crippen molar-refractivity contribution in [3.63, 3.8) is 0 Å². The Bertz CT molecular complexity index is 1300. The third-order valence-electron chi connectivity index (χ3n) is 4.03. The number of pyridine rings is 1. The number of halogens is 4. The summed E-state index contributed by atoms with van der Waals surface area (Å²) in [6.07, 6.45) is -3.50. The number of alkyl halides is 3. The lowest BCUT2D eigenvalue weighted by Gasteiger charge is -2.15. The molecule has 13 heteroatoms. The molecule has 0 spiro atoms. The van der Waals surface area contributed by atoms with Gasteiger partial charge in [0.2, 0.25) is 5.88 Å². The molecule has 0 radical (unpaired) electrons. The van der Waals surface area contributed by atoms with Crippen LogP contribution >= 0.6 is 11.6 Å². The number of non-ortho nitro benzene ring substituents is 1. The van der Waals surface area contributed by atoms with Crippen LogP contribution in [0.3, 0.4) is 0 Å². The summed E-state index contributed by atoms with van der Waals surface area (Å²) in [7, 11) is -4.50. The zero-order valence-electron chi connectivity index (χ0n) is 16.1. The molecule has 0 aliphatic carbocycles. The standard InChI is InChI=1S/C19H13ClF3N3O5S/c1-11-7-17(18(24-10-11)31-13-4-2-3-12(8-13)26(27)28)25-32(29,30)14-5-6-16(20)15(9-14)19(21,22)23/h2-10,25H,1H3. The molecule has 3 aromatic rings. The highest BCUT2D eigenvalue weighted by Gasteiger charge is 2.34. The first kappa shape index (κ1) is 23.3. The van der Waals surface area contributed by atoms with Gasteiger partial charge in [-0.15, -0.1) is 0 Å². The molecule has 32 heavy (non-hydrogen) atoms. The maximum absolute atomic E-state index is 13.1. The number of hydrogen-bond donors (Lipinski definition) is 1. The molecular weight excluding hydrogens is 475 g/mol. The molecule has 0 fully saturated rings. The second kappa shape index (κ2) is 8.63. The van der Waals surface area contributed by atoms with Crippen molar-refractivity contribution in [1.82, 2.24) is 4.98 Å². The number of nitro groups is 1. The highest BCUT2D eigenvalue weighted by atomic mass is 35.5. The van der Waals surface area contributed by atoms with Gasteiger partial charge in [0.05, 0.1) is 26.5 Å². The predicted molar refractivity (Wildman–Crippen MR) is 109 cm³/mol. The van der Waals surface area contributed by atoms with E-state index < -0.39 is 36.6 Å². The Morgan fingerprint density at radius 3 is 2.53 bits per heavy atom. The van der Waals surface area contributed by atoms with Crippen molar-refractivity contribution in [2.45, 2.75) is 18.0 Å². The molecule has 1 heterocycles. The van der Waals surface area contributed by atoms with E-state index in [1.54, 1.807) is 6.92 Å². The zero-order chi connectivity index (χ0) is 23.7. The molecule has 3 rings (SSSR count). The Hall–Kier alpha value is -3.38. The molecule has 168 valence electrons. The topological polar surface area (TPSA) is 111 Å². The van der Waals surface area contributed by atoms with E-state index in [4.69, 9.17) is 16.3 Å². The number of anilines is 1. The highest BCUT2D eigenvalue weighted by molar-refractivity contribution is 7.92. The van der Waals surface area contributed by atoms with Crippen LogP contribution in [0.2, 0.25) is 5.02 Å². The van der Waals surface area contributed by atoms with Crippen molar-refractivity contribution in [2.75, 3.05) is 4.72 Å². The number of benzene rings is 2. The Labute approximate surface area is 184 Å². The lowest BCUT2D eigenvalue weighted by molar-refractivity contribution is -0.384. The first-order valence-corrected chi connectivity index (χ1v) is 10.5. The summed E-state index contributed by atoms with van der Waals surface area (Å²) in [6.45, 7) is 1.60. The predicted octanol–water partition coefficient (Wildman–Crippen LogP) is 5.56. The summed E-state index contributed by atoms with van der Waals surface area (Å²) in [5.74, 6) is -0.258. The van der Waals surface area contributed by atoms with Gasteiger partial charge in [-0.3, -0.25) is 14.8 Å². The summed E-state index contributed by atoms with van der Waals surface area (Å²) in [4.78, 5) is 13.6. The fourth-order valence-electron chi connectivity index (χ4n) is 2.58. The molecule has 0 aliphatic heterocycles. The number of ether oxygens (including phenoxy) is 1. The van der Waals surface area contributed by atoms with Crippen molar-refractivity contribution in [2.24, 2.45) is 0 Å². The average molecular weight is 488 g/mol. The quantitative estimate of drug-likeness (QED) is 0.359. The SMILES string of the molecule is Cc1cnc(Oc2cccc([N+](=O)[O-])c2)c(NS(=O)(=O)c2ccc(Cl)c(C(F)(F)F)c2)c1. The van der Waals surface area contributed by atoms with Gasteiger partial charge in [-0.05, 0) is 42.8 Å². The fourth-order valence-corrected chi connectivity index (χ4v) is 3.87. The van der Waals surface area contributed by atoms with Gasteiger partial charge in [-0.25, -0.2) is 13.4 Å². The summed E-state index contributed by atoms with van der Waals surface area (Å²) < 4.78 is 72.5. The second-order valence-electron chi connectivity index (χ2n) is 6.47. The van der Waals surface area contributed by atoms with Gasteiger partial charge in [0.25, 0.3) is 15.7 Å². The number of nitrogens with zero attached hydrogens (tertiary/aromatic N) is 2. The van der Waals surface area contributed by atoms with E-state index >= 15 is 0 Å². The molecule has 2 aromatic carbocycles. The molecule has 1 aromatic heterocycles. The van der Waals surface area contributed by atoms with Crippen LogP contribution in [0, 0.1) is 17.0 Å². The monoisotopic (exact) mass is 487 g/mol. The third-order valence-corrected chi connectivity index (χ3v) is 5.72. The van der Waals surface area contributed by atoms with E-state index in [2.05, 4.69) is 9.71 Å². The number of hydrogen-bond acceptors (Lipinski definition) is 6. The first-order valence-electron chi connectivity index (χ1n) is 8.65. The van der Waals surface area contributed by atoms with Gasteiger partial charge in [0.15, 0.2) is 0 Å². The van der Waals surface area contributed by atoms with E-state index in [-0.39, 0.29) is 23.0 Å². The molecule has 0 aliphatic rings. The van der Waals surface area contributed by atoms with E-state index in [1.807, 2.05) is 0 Å². The van der Waals surface area contributed by atoms with E-state index in [0.717, 1.165) is 18.2 Å². The van der Waals surface area contributed by atoms with Crippen molar-refractivity contribution >= 4 is 33.0 Å². The number of aromatic nitrogens is 1. The molecule has 0 bridgehead atoms. The van der Waals surface area contributed by atoms with Crippen molar-refractivity contribution in [3.05, 3.63) is 81.0 Å². The van der Waals surface area contributed by atoms with Crippen LogP contribution in [-0.2, 0) is 16.2 Å². The van der Waals surface area contributed by atoms with Crippen LogP contribution in [-0.4, -0.2) is 18.3 Å². The molecule has 0 saturated heterocycles. The summed E-state index contributed by atoms with van der Waals surface area (Å²) in [5, 5.41) is 10.3. The smallest absolute Gasteiger partial charge is 0.417 e. The summed E-state index contributed by atoms with van der Waals surface area (Å²) in [6, 6.07) is 8.59. The number of aryl methyl sites for hydroxylation is 1. The largest absolute Gasteiger partial charge is 0.437 e. The van der Waals surface area contributed by atoms with E-state index in [9.17, 15) is 31.7 Å². The molecule has 0 unspecified atom stereocenters. The number of rotatable bonds is 6. The minimum atomic E-state index is -4.86. The summed E-state index contributed by atoms with van der Waals surface area (Å²) in [5.41, 5.74) is -1.24. The Kier molecular flexibility index (Phi) is 6.28. The fraction of sp³-hybridized carbons (Fsp3) is 0.105. The lowest BCUT2D eigenvalue weighted by atomic mass is 10.2. The van der Waals surface area contributed by atoms with Gasteiger partial charge in [-0.1, -0.05) is 17.7 Å². The second-order valence-corrected chi connectivity index (χ2v) is 8.56. The molecule has 0 saturated carbocycles. The number of nitro benzene ring substituents is 1. The minimum absolute atomic E-state index is 0.00171. The van der Waals surface area contributed by atoms with Gasteiger partial charge in [0.1, 0.15) is 11.4 Å².